The van der Waals surface area contributed by atoms with Gasteiger partial charge >= 0.3 is 0 Å². The van der Waals surface area contributed by atoms with Gasteiger partial charge in [-0.2, -0.15) is 0 Å². The van der Waals surface area contributed by atoms with Gasteiger partial charge in [0, 0.05) is 16.5 Å². The number of imidazole rings is 1. The van der Waals surface area contributed by atoms with Crippen LogP contribution in [0.5, 0.6) is 11.5 Å². The highest BCUT2D eigenvalue weighted by molar-refractivity contribution is 7.22. The number of benzene rings is 2. The fourth-order valence-corrected chi connectivity index (χ4v) is 4.78. The number of hydrogen-bond acceptors (Lipinski definition) is 6. The van der Waals surface area contributed by atoms with Crippen molar-refractivity contribution >= 4 is 38.6 Å². The zero-order chi connectivity index (χ0) is 21.5. The van der Waals surface area contributed by atoms with Crippen molar-refractivity contribution in [2.75, 3.05) is 19.0 Å². The smallest absolute Gasteiger partial charge is 0.162 e. The van der Waals surface area contributed by atoms with Gasteiger partial charge in [-0.05, 0) is 60.5 Å². The van der Waals surface area contributed by atoms with Crippen LogP contribution in [0.4, 0.5) is 11.5 Å². The molecule has 0 bridgehead atoms. The minimum Gasteiger partial charge on any atom is -0.493 e. The molecule has 6 rings (SSSR count). The van der Waals surface area contributed by atoms with Crippen LogP contribution in [-0.4, -0.2) is 28.3 Å². The van der Waals surface area contributed by atoms with Crippen LogP contribution < -0.4 is 14.8 Å². The number of aromatic nitrogens is 3. The van der Waals surface area contributed by atoms with Crippen LogP contribution in [0.25, 0.3) is 26.3 Å². The lowest BCUT2D eigenvalue weighted by Gasteiger charge is -2.13. The molecule has 1 aliphatic rings. The van der Waals surface area contributed by atoms with Gasteiger partial charge in [0.05, 0.1) is 24.8 Å². The van der Waals surface area contributed by atoms with Crippen molar-refractivity contribution in [3.05, 3.63) is 66.9 Å². The highest BCUT2D eigenvalue weighted by Crippen LogP contribution is 2.36. The monoisotopic (exact) mass is 442 g/mol. The lowest BCUT2D eigenvalue weighted by molar-refractivity contribution is 0.280. The van der Waals surface area contributed by atoms with Crippen LogP contribution in [0.1, 0.15) is 12.8 Å². The summed E-state index contributed by atoms with van der Waals surface area (Å²) in [4.78, 5) is 5.68. The number of thiophene rings is 1. The fourth-order valence-electron chi connectivity index (χ4n) is 3.72. The largest absolute Gasteiger partial charge is 0.493 e. The number of methoxy groups -OCH3 is 1. The van der Waals surface area contributed by atoms with E-state index in [1.54, 1.807) is 18.4 Å². The topological polar surface area (TPSA) is 60.7 Å². The third kappa shape index (κ3) is 3.65. The number of fused-ring (bicyclic) bond motifs is 2. The molecule has 1 N–H and O–H groups in total. The van der Waals surface area contributed by atoms with E-state index in [-0.39, 0.29) is 0 Å². The minimum atomic E-state index is 0.693. The minimum absolute atomic E-state index is 0.693. The Hall–Kier alpha value is -3.58. The molecule has 0 saturated heterocycles. The van der Waals surface area contributed by atoms with Crippen LogP contribution in [0.2, 0.25) is 0 Å². The van der Waals surface area contributed by atoms with Crippen LogP contribution in [0, 0.1) is 5.92 Å². The summed E-state index contributed by atoms with van der Waals surface area (Å²) in [6.07, 6.45) is 4.40. The first-order chi connectivity index (χ1) is 15.8. The Morgan fingerprint density at radius 2 is 1.97 bits per heavy atom. The number of nitrogens with zero attached hydrogens (tertiary/aromatic N) is 3. The fraction of sp³-hybridized carbons (Fsp3) is 0.200. The summed E-state index contributed by atoms with van der Waals surface area (Å²) in [7, 11) is 1.66. The summed E-state index contributed by atoms with van der Waals surface area (Å²) in [6.45, 7) is 0.752. The summed E-state index contributed by atoms with van der Waals surface area (Å²) in [6, 6.07) is 20.4. The first-order valence-electron chi connectivity index (χ1n) is 10.7. The van der Waals surface area contributed by atoms with Gasteiger partial charge in [-0.15, -0.1) is 16.4 Å². The molecule has 32 heavy (non-hydrogen) atoms. The second-order valence-corrected chi connectivity index (χ2v) is 9.11. The van der Waals surface area contributed by atoms with Gasteiger partial charge in [0.2, 0.25) is 0 Å². The van der Waals surface area contributed by atoms with Crippen molar-refractivity contribution < 1.29 is 9.47 Å². The van der Waals surface area contributed by atoms with Crippen LogP contribution in [0.3, 0.4) is 0 Å². The highest BCUT2D eigenvalue weighted by atomic mass is 32.1. The molecule has 0 unspecified atom stereocenters. The van der Waals surface area contributed by atoms with Crippen molar-refractivity contribution in [2.45, 2.75) is 12.8 Å². The summed E-state index contributed by atoms with van der Waals surface area (Å²) in [5, 5.41) is 9.41. The van der Waals surface area contributed by atoms with E-state index in [2.05, 4.69) is 40.6 Å². The summed E-state index contributed by atoms with van der Waals surface area (Å²) < 4.78 is 14.6. The lowest BCUT2D eigenvalue weighted by atomic mass is 10.2. The van der Waals surface area contributed by atoms with Crippen LogP contribution in [0.15, 0.2) is 66.9 Å². The molecule has 0 radical (unpaired) electrons. The van der Waals surface area contributed by atoms with Crippen molar-refractivity contribution in [1.29, 1.82) is 0 Å². The summed E-state index contributed by atoms with van der Waals surface area (Å²) in [5.74, 6) is 2.91. The zero-order valence-electron chi connectivity index (χ0n) is 17.6. The Bertz CT molecular complexity index is 1390. The quantitative estimate of drug-likeness (QED) is 0.327. The first-order valence-corrected chi connectivity index (χ1v) is 11.5. The molecule has 0 spiro atoms. The number of nitrogens with one attached hydrogen (secondary N) is 1. The number of ether oxygens (including phenoxy) is 2. The average molecular weight is 443 g/mol. The lowest BCUT2D eigenvalue weighted by Crippen LogP contribution is -2.02. The third-order valence-electron chi connectivity index (χ3n) is 5.65. The SMILES string of the molecule is COc1cc(Nc2ccc3ncc(-c4cc5ccccc5s4)n3n2)ccc1OCC1CC1. The highest BCUT2D eigenvalue weighted by Gasteiger charge is 2.22. The van der Waals surface area contributed by atoms with E-state index in [1.807, 2.05) is 41.0 Å². The Kier molecular flexibility index (Phi) is 4.69. The van der Waals surface area contributed by atoms with Gasteiger partial charge in [-0.1, -0.05) is 18.2 Å². The molecule has 160 valence electrons. The van der Waals surface area contributed by atoms with Crippen molar-refractivity contribution in [1.82, 2.24) is 14.6 Å². The van der Waals surface area contributed by atoms with E-state index in [9.17, 15) is 0 Å². The van der Waals surface area contributed by atoms with Crippen LogP contribution in [-0.2, 0) is 0 Å². The maximum absolute atomic E-state index is 5.91. The maximum atomic E-state index is 5.91. The van der Waals surface area contributed by atoms with E-state index in [1.165, 1.54) is 22.9 Å². The Labute approximate surface area is 189 Å². The van der Waals surface area contributed by atoms with E-state index in [0.717, 1.165) is 40.1 Å². The van der Waals surface area contributed by atoms with Gasteiger partial charge in [0.25, 0.3) is 0 Å². The Morgan fingerprint density at radius 3 is 2.81 bits per heavy atom. The first kappa shape index (κ1) is 19.1. The predicted molar refractivity (Wildman–Crippen MR) is 128 cm³/mol. The molecular weight excluding hydrogens is 420 g/mol. The average Bonchev–Trinajstić information content (AvgIpc) is 3.40. The predicted octanol–water partition coefficient (Wildman–Crippen LogP) is 6.15. The van der Waals surface area contributed by atoms with Crippen molar-refractivity contribution in [3.8, 4) is 22.1 Å². The number of hydrogen-bond donors (Lipinski definition) is 1. The van der Waals surface area contributed by atoms with Crippen LogP contribution >= 0.6 is 11.3 Å². The van der Waals surface area contributed by atoms with Gasteiger partial charge in [-0.3, -0.25) is 0 Å². The molecule has 2 aromatic carbocycles. The summed E-state index contributed by atoms with van der Waals surface area (Å²) in [5.41, 5.74) is 2.67. The normalized spacial score (nSPS) is 13.5. The molecule has 3 aromatic heterocycles. The molecule has 1 saturated carbocycles. The standard InChI is InChI=1S/C25H22N4O2S/c1-30-21-13-18(8-9-20(21)31-15-16-6-7-16)27-24-10-11-25-26-14-19(29(25)28-24)23-12-17-4-2-3-5-22(17)32-23/h2-5,8-14,16H,6-7,15H2,1H3,(H,27,28). The third-order valence-corrected chi connectivity index (χ3v) is 6.79. The zero-order valence-corrected chi connectivity index (χ0v) is 18.4. The maximum Gasteiger partial charge on any atom is 0.162 e. The Balaban J connectivity index is 1.29. The van der Waals surface area contributed by atoms with E-state index in [4.69, 9.17) is 14.6 Å². The molecule has 1 aliphatic carbocycles. The Morgan fingerprint density at radius 1 is 1.06 bits per heavy atom. The van der Waals surface area contributed by atoms with Gasteiger partial charge < -0.3 is 14.8 Å². The molecule has 3 heterocycles. The van der Waals surface area contributed by atoms with E-state index < -0.39 is 0 Å². The molecule has 0 amide bonds. The van der Waals surface area contributed by atoms with E-state index >= 15 is 0 Å². The van der Waals surface area contributed by atoms with Gasteiger partial charge in [0.15, 0.2) is 23.0 Å². The van der Waals surface area contributed by atoms with Crippen molar-refractivity contribution in [2.24, 2.45) is 5.92 Å². The molecule has 7 heteroatoms. The number of rotatable bonds is 7. The molecular formula is C25H22N4O2S. The molecule has 1 fully saturated rings. The second-order valence-electron chi connectivity index (χ2n) is 8.03. The van der Waals surface area contributed by atoms with Gasteiger partial charge in [-0.25, -0.2) is 9.50 Å². The van der Waals surface area contributed by atoms with Gasteiger partial charge in [0.1, 0.15) is 5.69 Å². The second kappa shape index (κ2) is 7.84. The summed E-state index contributed by atoms with van der Waals surface area (Å²) >= 11 is 1.75. The number of anilines is 2. The van der Waals surface area contributed by atoms with Crippen molar-refractivity contribution in [3.63, 3.8) is 0 Å². The van der Waals surface area contributed by atoms with E-state index in [0.29, 0.717) is 11.7 Å². The molecule has 6 nitrogen and oxygen atoms in total. The molecule has 0 aliphatic heterocycles. The molecule has 0 atom stereocenters. The molecule has 5 aromatic rings.